The van der Waals surface area contributed by atoms with Crippen molar-refractivity contribution in [1.82, 2.24) is 0 Å². The Bertz CT molecular complexity index is 507. The van der Waals surface area contributed by atoms with Gasteiger partial charge in [0.1, 0.15) is 0 Å². The second kappa shape index (κ2) is 6.83. The number of hydrogen-bond acceptors (Lipinski definition) is 1. The molecule has 0 aliphatic heterocycles. The van der Waals surface area contributed by atoms with Gasteiger partial charge in [0.2, 0.25) is 11.8 Å². The van der Waals surface area contributed by atoms with Gasteiger partial charge >= 0.3 is 0 Å². The fourth-order valence-electron chi connectivity index (χ4n) is 2.23. The Balaban J connectivity index is 2.25. The summed E-state index contributed by atoms with van der Waals surface area (Å²) in [5, 5.41) is 0. The quantitative estimate of drug-likeness (QED) is 0.570. The monoisotopic (exact) mass is 254 g/mol. The molecular weight excluding hydrogens is 234 g/mol. The summed E-state index contributed by atoms with van der Waals surface area (Å²) in [5.41, 5.74) is 0.792. The number of Topliss-reactive ketones (excluding diaryl/α,β-unsaturated/α-hetero) is 1. The van der Waals surface area contributed by atoms with Gasteiger partial charge in [0.15, 0.2) is 12.4 Å². The molecule has 0 fully saturated rings. The molecule has 0 N–H and O–H groups in total. The first-order valence-electron chi connectivity index (χ1n) is 6.88. The van der Waals surface area contributed by atoms with E-state index in [1.54, 1.807) is 0 Å². The lowest BCUT2D eigenvalue weighted by Crippen LogP contribution is -2.43. The van der Waals surface area contributed by atoms with Gasteiger partial charge in [-0.05, 0) is 6.42 Å². The topological polar surface area (TPSA) is 20.9 Å². The minimum absolute atomic E-state index is 0.0939. The van der Waals surface area contributed by atoms with Gasteiger partial charge in [-0.25, -0.2) is 0 Å². The Labute approximate surface area is 114 Å². The molecule has 0 radical (unpaired) electrons. The first kappa shape index (κ1) is 13.5. The number of aromatic nitrogens is 1. The molecule has 19 heavy (non-hydrogen) atoms. The van der Waals surface area contributed by atoms with Gasteiger partial charge in [-0.2, -0.15) is 4.57 Å². The van der Waals surface area contributed by atoms with Crippen molar-refractivity contribution in [3.05, 3.63) is 66.5 Å². The molecule has 0 saturated heterocycles. The van der Waals surface area contributed by atoms with Gasteiger partial charge in [0.05, 0.1) is 0 Å². The molecule has 1 heterocycles. The lowest BCUT2D eigenvalue weighted by molar-refractivity contribution is -0.708. The van der Waals surface area contributed by atoms with Crippen LogP contribution in [0, 0.1) is 0 Å². The van der Waals surface area contributed by atoms with Crippen LogP contribution in [-0.2, 0) is 0 Å². The largest absolute Gasteiger partial charge is 0.287 e. The molecule has 2 rings (SSSR count). The van der Waals surface area contributed by atoms with Crippen molar-refractivity contribution >= 4 is 5.78 Å². The third-order valence-electron chi connectivity index (χ3n) is 3.29. The van der Waals surface area contributed by atoms with Crippen LogP contribution in [0.4, 0.5) is 0 Å². The summed E-state index contributed by atoms with van der Waals surface area (Å²) < 4.78 is 2.02. The number of benzene rings is 1. The number of hydrogen-bond donors (Lipinski definition) is 0. The van der Waals surface area contributed by atoms with Crippen LogP contribution in [0.15, 0.2) is 60.9 Å². The number of rotatable bonds is 6. The normalized spacial score (nSPS) is 12.1. The lowest BCUT2D eigenvalue weighted by atomic mass is 9.99. The molecule has 98 valence electrons. The zero-order chi connectivity index (χ0) is 13.5. The average Bonchev–Trinajstić information content (AvgIpc) is 2.49. The average molecular weight is 254 g/mol. The molecule has 0 aliphatic carbocycles. The number of carbonyl (C=O) groups excluding carboxylic acids is 1. The van der Waals surface area contributed by atoms with E-state index in [2.05, 4.69) is 6.92 Å². The highest BCUT2D eigenvalue weighted by Gasteiger charge is 2.27. The summed E-state index contributed by atoms with van der Waals surface area (Å²) in [6.45, 7) is 2.15. The zero-order valence-electron chi connectivity index (χ0n) is 11.3. The summed E-state index contributed by atoms with van der Waals surface area (Å²) in [6, 6.07) is 15.4. The molecule has 1 aromatic heterocycles. The van der Waals surface area contributed by atoms with Crippen molar-refractivity contribution in [3.8, 4) is 0 Å². The zero-order valence-corrected chi connectivity index (χ0v) is 11.3. The highest BCUT2D eigenvalue weighted by molar-refractivity contribution is 5.97. The third kappa shape index (κ3) is 3.50. The van der Waals surface area contributed by atoms with Crippen LogP contribution in [-0.4, -0.2) is 5.78 Å². The Morgan fingerprint density at radius 1 is 1.05 bits per heavy atom. The predicted molar refractivity (Wildman–Crippen MR) is 76.0 cm³/mol. The smallest absolute Gasteiger partial charge is 0.230 e. The summed E-state index contributed by atoms with van der Waals surface area (Å²) in [5.74, 6) is 0.199. The van der Waals surface area contributed by atoms with Gasteiger partial charge in [0.25, 0.3) is 0 Å². The first-order chi connectivity index (χ1) is 9.33. The van der Waals surface area contributed by atoms with E-state index >= 15 is 0 Å². The molecule has 0 amide bonds. The van der Waals surface area contributed by atoms with Crippen LogP contribution in [0.5, 0.6) is 0 Å². The fourth-order valence-corrected chi connectivity index (χ4v) is 2.23. The van der Waals surface area contributed by atoms with Gasteiger partial charge in [-0.15, -0.1) is 0 Å². The standard InChI is InChI=1S/C17H20NO/c1-2-3-12-16(18-13-8-5-9-14-18)17(19)15-10-6-4-7-11-15/h4-11,13-14,16H,2-3,12H2,1H3/q+1/t16-/m0/s1. The second-order valence-corrected chi connectivity index (χ2v) is 4.71. The summed E-state index contributed by atoms with van der Waals surface area (Å²) in [4.78, 5) is 12.6. The van der Waals surface area contributed by atoms with Crippen LogP contribution in [0.2, 0.25) is 0 Å². The minimum atomic E-state index is -0.0939. The third-order valence-corrected chi connectivity index (χ3v) is 3.29. The van der Waals surface area contributed by atoms with Crippen LogP contribution >= 0.6 is 0 Å². The van der Waals surface area contributed by atoms with Crippen molar-refractivity contribution < 1.29 is 9.36 Å². The van der Waals surface area contributed by atoms with Crippen LogP contribution in [0.3, 0.4) is 0 Å². The van der Waals surface area contributed by atoms with Crippen molar-refractivity contribution in [2.75, 3.05) is 0 Å². The molecule has 0 bridgehead atoms. The minimum Gasteiger partial charge on any atom is -0.287 e. The maximum Gasteiger partial charge on any atom is 0.230 e. The van der Waals surface area contributed by atoms with E-state index < -0.39 is 0 Å². The van der Waals surface area contributed by atoms with E-state index in [0.717, 1.165) is 24.8 Å². The van der Waals surface area contributed by atoms with Gasteiger partial charge in [-0.3, -0.25) is 4.79 Å². The Kier molecular flexibility index (Phi) is 4.85. The number of ketones is 1. The molecule has 1 aromatic carbocycles. The van der Waals surface area contributed by atoms with E-state index in [4.69, 9.17) is 0 Å². The van der Waals surface area contributed by atoms with Crippen molar-refractivity contribution in [2.24, 2.45) is 0 Å². The van der Waals surface area contributed by atoms with Crippen LogP contribution < -0.4 is 4.57 Å². The number of nitrogens with zero attached hydrogens (tertiary/aromatic N) is 1. The van der Waals surface area contributed by atoms with Crippen molar-refractivity contribution in [3.63, 3.8) is 0 Å². The van der Waals surface area contributed by atoms with Crippen molar-refractivity contribution in [2.45, 2.75) is 32.2 Å². The lowest BCUT2D eigenvalue weighted by Gasteiger charge is -2.11. The first-order valence-corrected chi connectivity index (χ1v) is 6.88. The number of unbranched alkanes of at least 4 members (excludes halogenated alkanes) is 1. The Morgan fingerprint density at radius 3 is 2.32 bits per heavy atom. The van der Waals surface area contributed by atoms with Crippen LogP contribution in [0.1, 0.15) is 42.6 Å². The highest BCUT2D eigenvalue weighted by atomic mass is 16.1. The van der Waals surface area contributed by atoms with E-state index in [1.165, 1.54) is 0 Å². The number of carbonyl (C=O) groups is 1. The van der Waals surface area contributed by atoms with Crippen molar-refractivity contribution in [1.29, 1.82) is 0 Å². The predicted octanol–water partition coefficient (Wildman–Crippen LogP) is 3.59. The van der Waals surface area contributed by atoms with Gasteiger partial charge in [-0.1, -0.05) is 49.7 Å². The summed E-state index contributed by atoms with van der Waals surface area (Å²) >= 11 is 0. The van der Waals surface area contributed by atoms with Crippen LogP contribution in [0.25, 0.3) is 0 Å². The summed E-state index contributed by atoms with van der Waals surface area (Å²) in [6.07, 6.45) is 7.00. The Morgan fingerprint density at radius 2 is 1.68 bits per heavy atom. The molecule has 2 aromatic rings. The molecule has 1 atom stereocenters. The van der Waals surface area contributed by atoms with E-state index in [9.17, 15) is 4.79 Å². The molecule has 0 aliphatic rings. The van der Waals surface area contributed by atoms with E-state index in [1.807, 2.05) is 65.5 Å². The van der Waals surface area contributed by atoms with Gasteiger partial charge < -0.3 is 0 Å². The molecule has 0 saturated carbocycles. The maximum atomic E-state index is 12.6. The Hall–Kier alpha value is -1.96. The maximum absolute atomic E-state index is 12.6. The summed E-state index contributed by atoms with van der Waals surface area (Å²) in [7, 11) is 0. The number of pyridine rings is 1. The molecular formula is C17H20NO+. The fraction of sp³-hybridized carbons (Fsp3) is 0.294. The van der Waals surface area contributed by atoms with Gasteiger partial charge in [0, 0.05) is 24.1 Å². The SMILES string of the molecule is CCCC[C@@H](C(=O)c1ccccc1)[n+]1ccccc1. The molecule has 2 nitrogen and oxygen atoms in total. The molecule has 0 spiro atoms. The van der Waals surface area contributed by atoms with E-state index in [0.29, 0.717) is 0 Å². The highest BCUT2D eigenvalue weighted by Crippen LogP contribution is 2.15. The second-order valence-electron chi connectivity index (χ2n) is 4.71. The van der Waals surface area contributed by atoms with E-state index in [-0.39, 0.29) is 11.8 Å². The molecule has 2 heteroatoms. The molecule has 0 unspecified atom stereocenters.